The van der Waals surface area contributed by atoms with Gasteiger partial charge in [-0.15, -0.1) is 15.3 Å². The first-order valence-electron chi connectivity index (χ1n) is 7.28. The molecular formula is C15H19N5S2. The lowest BCUT2D eigenvalue weighted by Crippen LogP contribution is -2.16. The Kier molecular flexibility index (Phi) is 4.75. The van der Waals surface area contributed by atoms with E-state index in [0.29, 0.717) is 5.92 Å². The van der Waals surface area contributed by atoms with E-state index in [9.17, 15) is 0 Å². The van der Waals surface area contributed by atoms with E-state index in [0.717, 1.165) is 27.3 Å². The third-order valence-corrected chi connectivity index (χ3v) is 5.36. The molecule has 1 aromatic carbocycles. The van der Waals surface area contributed by atoms with Gasteiger partial charge in [0.25, 0.3) is 0 Å². The molecule has 0 saturated heterocycles. The molecule has 0 spiro atoms. The van der Waals surface area contributed by atoms with Gasteiger partial charge in [0, 0.05) is 5.75 Å². The van der Waals surface area contributed by atoms with Crippen molar-refractivity contribution in [3.05, 3.63) is 41.7 Å². The van der Waals surface area contributed by atoms with Crippen LogP contribution in [0.2, 0.25) is 0 Å². The van der Waals surface area contributed by atoms with Gasteiger partial charge in [-0.2, -0.15) is 4.52 Å². The van der Waals surface area contributed by atoms with Gasteiger partial charge in [-0.25, -0.2) is 0 Å². The van der Waals surface area contributed by atoms with Gasteiger partial charge in [-0.1, -0.05) is 67.3 Å². The second-order valence-corrected chi connectivity index (χ2v) is 7.81. The molecular weight excluding hydrogens is 314 g/mol. The minimum absolute atomic E-state index is 0.121. The van der Waals surface area contributed by atoms with E-state index >= 15 is 0 Å². The maximum atomic E-state index is 6.22. The first-order valence-corrected chi connectivity index (χ1v) is 9.08. The molecule has 0 aliphatic heterocycles. The first kappa shape index (κ1) is 15.5. The fourth-order valence-corrected chi connectivity index (χ4v) is 4.08. The third kappa shape index (κ3) is 3.48. The molecule has 3 aromatic rings. The van der Waals surface area contributed by atoms with Crippen molar-refractivity contribution in [1.29, 1.82) is 0 Å². The van der Waals surface area contributed by atoms with Crippen LogP contribution in [-0.2, 0) is 5.75 Å². The Morgan fingerprint density at radius 3 is 2.73 bits per heavy atom. The second kappa shape index (κ2) is 6.76. The number of hydrogen-bond acceptors (Lipinski definition) is 6. The fraction of sp³-hybridized carbons (Fsp3) is 0.400. The lowest BCUT2D eigenvalue weighted by atomic mass is 10.0. The summed E-state index contributed by atoms with van der Waals surface area (Å²) in [6, 6.07) is 10.3. The SMILES string of the molecule is CC(C)C[C@H](N)c1nnc2sc(SCc3ccccc3)nn12. The van der Waals surface area contributed by atoms with Crippen LogP contribution in [-0.4, -0.2) is 19.8 Å². The van der Waals surface area contributed by atoms with Crippen molar-refractivity contribution in [2.24, 2.45) is 11.7 Å². The molecule has 0 saturated carbocycles. The van der Waals surface area contributed by atoms with Crippen LogP contribution >= 0.6 is 23.1 Å². The molecule has 0 aliphatic carbocycles. The lowest BCUT2D eigenvalue weighted by molar-refractivity contribution is 0.485. The summed E-state index contributed by atoms with van der Waals surface area (Å²) in [7, 11) is 0. The van der Waals surface area contributed by atoms with Crippen molar-refractivity contribution >= 4 is 28.1 Å². The van der Waals surface area contributed by atoms with Crippen LogP contribution < -0.4 is 5.73 Å². The number of hydrogen-bond donors (Lipinski definition) is 1. The van der Waals surface area contributed by atoms with Gasteiger partial charge < -0.3 is 5.73 Å². The number of rotatable bonds is 6. The maximum absolute atomic E-state index is 6.22. The first-order chi connectivity index (χ1) is 10.6. The number of thioether (sulfide) groups is 1. The molecule has 0 aliphatic rings. The summed E-state index contributed by atoms with van der Waals surface area (Å²) in [5.41, 5.74) is 7.50. The molecule has 22 heavy (non-hydrogen) atoms. The van der Waals surface area contributed by atoms with E-state index in [-0.39, 0.29) is 6.04 Å². The highest BCUT2D eigenvalue weighted by Gasteiger charge is 2.18. The van der Waals surface area contributed by atoms with E-state index in [1.165, 1.54) is 5.56 Å². The predicted octanol–water partition coefficient (Wildman–Crippen LogP) is 3.52. The van der Waals surface area contributed by atoms with Crippen LogP contribution in [0.4, 0.5) is 0 Å². The molecule has 0 radical (unpaired) electrons. The Morgan fingerprint density at radius 1 is 1.23 bits per heavy atom. The second-order valence-electron chi connectivity index (χ2n) is 5.63. The topological polar surface area (TPSA) is 69.1 Å². The van der Waals surface area contributed by atoms with Crippen molar-refractivity contribution in [2.75, 3.05) is 0 Å². The number of nitrogens with zero attached hydrogens (tertiary/aromatic N) is 4. The number of benzene rings is 1. The number of nitrogens with two attached hydrogens (primary N) is 1. The predicted molar refractivity (Wildman–Crippen MR) is 91.0 cm³/mol. The summed E-state index contributed by atoms with van der Waals surface area (Å²) in [6.07, 6.45) is 0.880. The average Bonchev–Trinajstić information content (AvgIpc) is 3.05. The maximum Gasteiger partial charge on any atom is 0.235 e. The largest absolute Gasteiger partial charge is 0.321 e. The van der Waals surface area contributed by atoms with Gasteiger partial charge in [0.2, 0.25) is 4.96 Å². The lowest BCUT2D eigenvalue weighted by Gasteiger charge is -2.10. The van der Waals surface area contributed by atoms with Crippen molar-refractivity contribution in [2.45, 2.75) is 36.4 Å². The van der Waals surface area contributed by atoms with Crippen molar-refractivity contribution in [1.82, 2.24) is 19.8 Å². The highest BCUT2D eigenvalue weighted by Crippen LogP contribution is 2.28. The van der Waals surface area contributed by atoms with E-state index in [4.69, 9.17) is 5.73 Å². The van der Waals surface area contributed by atoms with Crippen LogP contribution in [0.15, 0.2) is 34.7 Å². The molecule has 7 heteroatoms. The van der Waals surface area contributed by atoms with Crippen molar-refractivity contribution in [3.8, 4) is 0 Å². The number of fused-ring (bicyclic) bond motifs is 1. The Morgan fingerprint density at radius 2 is 2.00 bits per heavy atom. The fourth-order valence-electron chi connectivity index (χ4n) is 2.24. The van der Waals surface area contributed by atoms with Crippen LogP contribution in [0.25, 0.3) is 4.96 Å². The van der Waals surface area contributed by atoms with Gasteiger partial charge in [0.05, 0.1) is 6.04 Å². The van der Waals surface area contributed by atoms with Gasteiger partial charge in [-0.3, -0.25) is 0 Å². The van der Waals surface area contributed by atoms with Crippen molar-refractivity contribution < 1.29 is 0 Å². The Balaban J connectivity index is 1.74. The Hall–Kier alpha value is -1.44. The normalized spacial score (nSPS) is 13.1. The third-order valence-electron chi connectivity index (χ3n) is 3.26. The van der Waals surface area contributed by atoms with E-state index in [1.807, 2.05) is 6.07 Å². The molecule has 1 atom stereocenters. The minimum Gasteiger partial charge on any atom is -0.321 e. The average molecular weight is 333 g/mol. The van der Waals surface area contributed by atoms with Gasteiger partial charge in [0.15, 0.2) is 10.2 Å². The number of aromatic nitrogens is 4. The zero-order chi connectivity index (χ0) is 15.5. The highest BCUT2D eigenvalue weighted by atomic mass is 32.2. The smallest absolute Gasteiger partial charge is 0.235 e. The zero-order valence-corrected chi connectivity index (χ0v) is 14.3. The summed E-state index contributed by atoms with van der Waals surface area (Å²) in [5.74, 6) is 2.18. The van der Waals surface area contributed by atoms with Crippen LogP contribution in [0.1, 0.15) is 37.7 Å². The Bertz CT molecular complexity index is 735. The highest BCUT2D eigenvalue weighted by molar-refractivity contribution is 8.00. The molecule has 2 aromatic heterocycles. The molecule has 116 valence electrons. The molecule has 0 fully saturated rings. The zero-order valence-electron chi connectivity index (χ0n) is 12.6. The van der Waals surface area contributed by atoms with Crippen LogP contribution in [0.3, 0.4) is 0 Å². The van der Waals surface area contributed by atoms with Gasteiger partial charge >= 0.3 is 0 Å². The van der Waals surface area contributed by atoms with Crippen LogP contribution in [0, 0.1) is 5.92 Å². The molecule has 2 N–H and O–H groups in total. The molecule has 0 unspecified atom stereocenters. The Labute approximate surface area is 137 Å². The summed E-state index contributed by atoms with van der Waals surface area (Å²) in [5, 5.41) is 13.0. The van der Waals surface area contributed by atoms with Gasteiger partial charge in [0.1, 0.15) is 0 Å². The van der Waals surface area contributed by atoms with E-state index < -0.39 is 0 Å². The molecule has 0 bridgehead atoms. The standard InChI is InChI=1S/C15H19N5S2/c1-10(2)8-12(16)13-17-18-14-20(13)19-15(22-14)21-9-11-6-4-3-5-7-11/h3-7,10,12H,8-9,16H2,1-2H3/t12-/m0/s1. The van der Waals surface area contributed by atoms with E-state index in [1.54, 1.807) is 27.6 Å². The molecule has 3 rings (SSSR count). The van der Waals surface area contributed by atoms with Crippen molar-refractivity contribution in [3.63, 3.8) is 0 Å². The molecule has 5 nitrogen and oxygen atoms in total. The summed E-state index contributed by atoms with van der Waals surface area (Å²) < 4.78 is 2.79. The summed E-state index contributed by atoms with van der Waals surface area (Å²) in [4.78, 5) is 0.810. The van der Waals surface area contributed by atoms with Crippen LogP contribution in [0.5, 0.6) is 0 Å². The van der Waals surface area contributed by atoms with Gasteiger partial charge in [-0.05, 0) is 17.9 Å². The molecule has 2 heterocycles. The minimum atomic E-state index is -0.121. The summed E-state index contributed by atoms with van der Waals surface area (Å²) >= 11 is 3.28. The molecule has 0 amide bonds. The monoisotopic (exact) mass is 333 g/mol. The summed E-state index contributed by atoms with van der Waals surface area (Å²) in [6.45, 7) is 4.31. The van der Waals surface area contributed by atoms with E-state index in [2.05, 4.69) is 53.4 Å². The quantitative estimate of drug-likeness (QED) is 0.699.